The molecule has 2 aromatic rings. The minimum absolute atomic E-state index is 0.185. The predicted octanol–water partition coefficient (Wildman–Crippen LogP) is 5.10. The molecule has 2 rings (SSSR count). The molecule has 0 heterocycles. The maximum atomic E-state index is 12.9. The van der Waals surface area contributed by atoms with Crippen LogP contribution in [0.5, 0.6) is 0 Å². The third-order valence-electron chi connectivity index (χ3n) is 2.84. The summed E-state index contributed by atoms with van der Waals surface area (Å²) in [5, 5.41) is 2.90. The fourth-order valence-electron chi connectivity index (χ4n) is 1.80. The van der Waals surface area contributed by atoms with E-state index in [-0.39, 0.29) is 5.56 Å². The standard InChI is InChI=1S/C14H12BrF3N2/c1-8-2-4-10(7-11(8)14(16,17)18)20-13-6-9(15)3-5-12(13)19/h2-7,20H,19H2,1H3. The summed E-state index contributed by atoms with van der Waals surface area (Å²) in [5.74, 6) is 0. The highest BCUT2D eigenvalue weighted by Crippen LogP contribution is 2.35. The fraction of sp³-hybridized carbons (Fsp3) is 0.143. The summed E-state index contributed by atoms with van der Waals surface area (Å²) >= 11 is 3.29. The Kier molecular flexibility index (Phi) is 3.94. The Morgan fingerprint density at radius 3 is 2.45 bits per heavy atom. The third kappa shape index (κ3) is 3.25. The largest absolute Gasteiger partial charge is 0.416 e. The molecule has 20 heavy (non-hydrogen) atoms. The lowest BCUT2D eigenvalue weighted by molar-refractivity contribution is -0.138. The predicted molar refractivity (Wildman–Crippen MR) is 78.0 cm³/mol. The van der Waals surface area contributed by atoms with E-state index in [9.17, 15) is 13.2 Å². The zero-order valence-corrected chi connectivity index (χ0v) is 12.1. The number of nitrogens with one attached hydrogen (secondary N) is 1. The summed E-state index contributed by atoms with van der Waals surface area (Å²) < 4.78 is 39.3. The lowest BCUT2D eigenvalue weighted by Gasteiger charge is -2.14. The molecule has 0 aliphatic rings. The Morgan fingerprint density at radius 2 is 1.80 bits per heavy atom. The van der Waals surface area contributed by atoms with E-state index in [1.807, 2.05) is 0 Å². The molecule has 2 aromatic carbocycles. The summed E-state index contributed by atoms with van der Waals surface area (Å²) in [4.78, 5) is 0. The molecular formula is C14H12BrF3N2. The molecule has 0 aliphatic heterocycles. The van der Waals surface area contributed by atoms with Crippen molar-refractivity contribution in [3.63, 3.8) is 0 Å². The van der Waals surface area contributed by atoms with Gasteiger partial charge in [-0.05, 0) is 42.8 Å². The summed E-state index contributed by atoms with van der Waals surface area (Å²) in [6.07, 6.45) is -4.37. The average molecular weight is 345 g/mol. The van der Waals surface area contributed by atoms with Gasteiger partial charge in [0, 0.05) is 10.2 Å². The maximum absolute atomic E-state index is 12.9. The minimum Gasteiger partial charge on any atom is -0.397 e. The first-order chi connectivity index (χ1) is 9.27. The minimum atomic E-state index is -4.37. The molecule has 106 valence electrons. The van der Waals surface area contributed by atoms with Crippen molar-refractivity contribution in [3.05, 3.63) is 52.0 Å². The molecular weight excluding hydrogens is 333 g/mol. The van der Waals surface area contributed by atoms with Crippen LogP contribution in [0.3, 0.4) is 0 Å². The van der Waals surface area contributed by atoms with Gasteiger partial charge in [0.25, 0.3) is 0 Å². The van der Waals surface area contributed by atoms with Gasteiger partial charge in [0.1, 0.15) is 0 Å². The second-order valence-corrected chi connectivity index (χ2v) is 5.30. The molecule has 0 amide bonds. The average Bonchev–Trinajstić information content (AvgIpc) is 2.35. The van der Waals surface area contributed by atoms with Crippen molar-refractivity contribution in [2.45, 2.75) is 13.1 Å². The van der Waals surface area contributed by atoms with Gasteiger partial charge >= 0.3 is 6.18 Å². The molecule has 0 saturated carbocycles. The number of halogens is 4. The summed E-state index contributed by atoms with van der Waals surface area (Å²) in [6, 6.07) is 9.24. The van der Waals surface area contributed by atoms with Crippen LogP contribution >= 0.6 is 15.9 Å². The summed E-state index contributed by atoms with van der Waals surface area (Å²) in [5.41, 5.74) is 6.67. The van der Waals surface area contributed by atoms with Crippen molar-refractivity contribution in [3.8, 4) is 0 Å². The first-order valence-electron chi connectivity index (χ1n) is 5.77. The normalized spacial score (nSPS) is 11.4. The molecule has 0 spiro atoms. The van der Waals surface area contributed by atoms with E-state index < -0.39 is 11.7 Å². The van der Waals surface area contributed by atoms with Gasteiger partial charge in [0.2, 0.25) is 0 Å². The summed E-state index contributed by atoms with van der Waals surface area (Å²) in [6.45, 7) is 1.43. The van der Waals surface area contributed by atoms with Crippen molar-refractivity contribution >= 4 is 33.0 Å². The topological polar surface area (TPSA) is 38.0 Å². The third-order valence-corrected chi connectivity index (χ3v) is 3.33. The van der Waals surface area contributed by atoms with E-state index in [0.717, 1.165) is 10.5 Å². The highest BCUT2D eigenvalue weighted by molar-refractivity contribution is 9.10. The van der Waals surface area contributed by atoms with Gasteiger partial charge in [-0.15, -0.1) is 0 Å². The first-order valence-corrected chi connectivity index (χ1v) is 6.56. The lowest BCUT2D eigenvalue weighted by Crippen LogP contribution is -2.08. The number of hydrogen-bond acceptors (Lipinski definition) is 2. The van der Waals surface area contributed by atoms with Crippen LogP contribution in [0, 0.1) is 6.92 Å². The number of benzene rings is 2. The van der Waals surface area contributed by atoms with Crippen LogP contribution in [-0.2, 0) is 6.18 Å². The molecule has 0 aromatic heterocycles. The number of nitrogen functional groups attached to an aromatic ring is 1. The Morgan fingerprint density at radius 1 is 1.10 bits per heavy atom. The van der Waals surface area contributed by atoms with Gasteiger partial charge in [-0.2, -0.15) is 13.2 Å². The Hall–Kier alpha value is -1.69. The van der Waals surface area contributed by atoms with Crippen LogP contribution in [0.1, 0.15) is 11.1 Å². The molecule has 0 aliphatic carbocycles. The number of hydrogen-bond donors (Lipinski definition) is 2. The van der Waals surface area contributed by atoms with Crippen molar-refractivity contribution in [1.82, 2.24) is 0 Å². The van der Waals surface area contributed by atoms with E-state index in [4.69, 9.17) is 5.73 Å². The lowest BCUT2D eigenvalue weighted by atomic mass is 10.1. The van der Waals surface area contributed by atoms with Crippen molar-refractivity contribution in [2.75, 3.05) is 11.1 Å². The van der Waals surface area contributed by atoms with E-state index in [2.05, 4.69) is 21.2 Å². The monoisotopic (exact) mass is 344 g/mol. The molecule has 0 bridgehead atoms. The molecule has 0 radical (unpaired) electrons. The van der Waals surface area contributed by atoms with Crippen LogP contribution in [-0.4, -0.2) is 0 Å². The molecule has 0 fully saturated rings. The highest BCUT2D eigenvalue weighted by Gasteiger charge is 2.32. The second kappa shape index (κ2) is 5.36. The number of nitrogens with two attached hydrogens (primary N) is 1. The highest BCUT2D eigenvalue weighted by atomic mass is 79.9. The fourth-order valence-corrected chi connectivity index (χ4v) is 2.16. The van der Waals surface area contributed by atoms with Gasteiger partial charge in [0.05, 0.1) is 16.9 Å². The van der Waals surface area contributed by atoms with Gasteiger partial charge in [-0.3, -0.25) is 0 Å². The Labute approximate surface area is 122 Å². The number of aryl methyl sites for hydroxylation is 1. The van der Waals surface area contributed by atoms with E-state index in [1.54, 1.807) is 24.3 Å². The molecule has 0 saturated heterocycles. The van der Waals surface area contributed by atoms with Gasteiger partial charge < -0.3 is 11.1 Å². The Bertz CT molecular complexity index is 639. The molecule has 3 N–H and O–H groups in total. The van der Waals surface area contributed by atoms with Crippen molar-refractivity contribution < 1.29 is 13.2 Å². The van der Waals surface area contributed by atoms with E-state index in [0.29, 0.717) is 17.1 Å². The van der Waals surface area contributed by atoms with Crippen LogP contribution in [0.2, 0.25) is 0 Å². The second-order valence-electron chi connectivity index (χ2n) is 4.38. The molecule has 6 heteroatoms. The van der Waals surface area contributed by atoms with E-state index >= 15 is 0 Å². The van der Waals surface area contributed by atoms with Gasteiger partial charge in [-0.25, -0.2) is 0 Å². The Balaban J connectivity index is 2.37. The summed E-state index contributed by atoms with van der Waals surface area (Å²) in [7, 11) is 0. The van der Waals surface area contributed by atoms with Gasteiger partial charge in [-0.1, -0.05) is 22.0 Å². The number of rotatable bonds is 2. The SMILES string of the molecule is Cc1ccc(Nc2cc(Br)ccc2N)cc1C(F)(F)F. The maximum Gasteiger partial charge on any atom is 0.416 e. The first kappa shape index (κ1) is 14.7. The van der Waals surface area contributed by atoms with Crippen LogP contribution < -0.4 is 11.1 Å². The molecule has 2 nitrogen and oxygen atoms in total. The van der Waals surface area contributed by atoms with Crippen LogP contribution in [0.25, 0.3) is 0 Å². The van der Waals surface area contributed by atoms with Gasteiger partial charge in [0.15, 0.2) is 0 Å². The molecule has 0 unspecified atom stereocenters. The van der Waals surface area contributed by atoms with Crippen LogP contribution in [0.15, 0.2) is 40.9 Å². The van der Waals surface area contributed by atoms with Crippen LogP contribution in [0.4, 0.5) is 30.2 Å². The van der Waals surface area contributed by atoms with E-state index in [1.165, 1.54) is 13.0 Å². The smallest absolute Gasteiger partial charge is 0.397 e. The van der Waals surface area contributed by atoms with Crippen molar-refractivity contribution in [2.24, 2.45) is 0 Å². The van der Waals surface area contributed by atoms with Crippen molar-refractivity contribution in [1.29, 1.82) is 0 Å². The number of anilines is 3. The molecule has 0 atom stereocenters. The quantitative estimate of drug-likeness (QED) is 0.743. The number of alkyl halides is 3. The zero-order valence-electron chi connectivity index (χ0n) is 10.6. The zero-order chi connectivity index (χ0) is 14.9.